The number of fused-ring (bicyclic) bond motifs is 1. The third-order valence-corrected chi connectivity index (χ3v) is 4.27. The van der Waals surface area contributed by atoms with Crippen molar-refractivity contribution in [2.24, 2.45) is 0 Å². The van der Waals surface area contributed by atoms with Gasteiger partial charge in [0.25, 0.3) is 0 Å². The van der Waals surface area contributed by atoms with Crippen molar-refractivity contribution < 1.29 is 24.9 Å². The van der Waals surface area contributed by atoms with Gasteiger partial charge in [0.05, 0.1) is 5.57 Å². The fourth-order valence-electron chi connectivity index (χ4n) is 3.14. The van der Waals surface area contributed by atoms with Crippen molar-refractivity contribution in [3.63, 3.8) is 0 Å². The van der Waals surface area contributed by atoms with Gasteiger partial charge in [0, 0.05) is 11.5 Å². The van der Waals surface area contributed by atoms with Crippen molar-refractivity contribution in [2.75, 3.05) is 0 Å². The van der Waals surface area contributed by atoms with Crippen molar-refractivity contribution in [3.05, 3.63) is 46.5 Å². The third-order valence-electron chi connectivity index (χ3n) is 4.27. The quantitative estimate of drug-likeness (QED) is 0.395. The Morgan fingerprint density at radius 2 is 1.73 bits per heavy atom. The maximum Gasteiger partial charge on any atom is 0.344 e. The van der Waals surface area contributed by atoms with Crippen LogP contribution in [-0.2, 0) is 4.79 Å². The summed E-state index contributed by atoms with van der Waals surface area (Å²) in [6, 6.07) is 6.16. The van der Waals surface area contributed by atoms with Crippen molar-refractivity contribution in [1.29, 1.82) is 0 Å². The minimum Gasteiger partial charge on any atom is -0.504 e. The number of aromatic hydroxyl groups is 3. The average Bonchev–Trinajstić information content (AvgIpc) is 2.74. The summed E-state index contributed by atoms with van der Waals surface area (Å²) < 4.78 is 5.17. The summed E-state index contributed by atoms with van der Waals surface area (Å²) in [5.74, 6) is -1.04. The zero-order chi connectivity index (χ0) is 15.6. The first-order valence-corrected chi connectivity index (χ1v) is 6.83. The van der Waals surface area contributed by atoms with E-state index in [1.54, 1.807) is 12.1 Å². The summed E-state index contributed by atoms with van der Waals surface area (Å²) in [7, 11) is 0. The van der Waals surface area contributed by atoms with Crippen LogP contribution in [0.5, 0.6) is 23.0 Å². The molecule has 1 heterocycles. The van der Waals surface area contributed by atoms with Crippen LogP contribution < -0.4 is 4.74 Å². The van der Waals surface area contributed by atoms with Crippen LogP contribution in [0.15, 0.2) is 24.3 Å². The van der Waals surface area contributed by atoms with Gasteiger partial charge in [-0.1, -0.05) is 13.0 Å². The molecular formula is C17H12O5. The second kappa shape index (κ2) is 4.04. The first-order chi connectivity index (χ1) is 10.5. The topological polar surface area (TPSA) is 87.0 Å². The zero-order valence-electron chi connectivity index (χ0n) is 11.6. The van der Waals surface area contributed by atoms with Crippen LogP contribution in [0.25, 0.3) is 11.6 Å². The first-order valence-electron chi connectivity index (χ1n) is 6.83. The molecule has 1 aliphatic heterocycles. The minimum atomic E-state index is -0.537. The van der Waals surface area contributed by atoms with Gasteiger partial charge in [-0.25, -0.2) is 4.79 Å². The third kappa shape index (κ3) is 1.50. The van der Waals surface area contributed by atoms with E-state index < -0.39 is 5.97 Å². The number of phenols is 3. The van der Waals surface area contributed by atoms with E-state index in [0.29, 0.717) is 16.7 Å². The average molecular weight is 296 g/mol. The Balaban J connectivity index is 2.10. The van der Waals surface area contributed by atoms with E-state index in [0.717, 1.165) is 11.1 Å². The van der Waals surface area contributed by atoms with E-state index >= 15 is 0 Å². The molecule has 5 nitrogen and oxygen atoms in total. The number of ether oxygens (including phenoxy) is 1. The smallest absolute Gasteiger partial charge is 0.344 e. The molecule has 3 N–H and O–H groups in total. The van der Waals surface area contributed by atoms with Crippen LogP contribution in [0, 0.1) is 0 Å². The zero-order valence-corrected chi connectivity index (χ0v) is 11.6. The number of hydrogen-bond acceptors (Lipinski definition) is 5. The lowest BCUT2D eigenvalue weighted by atomic mass is 9.88. The number of esters is 1. The predicted octanol–water partition coefficient (Wildman–Crippen LogP) is 2.73. The molecule has 2 aliphatic rings. The van der Waals surface area contributed by atoms with Gasteiger partial charge in [-0.2, -0.15) is 0 Å². The molecule has 1 atom stereocenters. The molecule has 110 valence electrons. The molecule has 0 bridgehead atoms. The Bertz CT molecular complexity index is 879. The molecule has 0 saturated heterocycles. The number of carbonyl (C=O) groups is 1. The fraction of sp³-hybridized carbons (Fsp3) is 0.118. The van der Waals surface area contributed by atoms with Crippen LogP contribution in [0.2, 0.25) is 0 Å². The summed E-state index contributed by atoms with van der Waals surface area (Å²) in [4.78, 5) is 12.1. The summed E-state index contributed by atoms with van der Waals surface area (Å²) in [6.45, 7) is 1.93. The molecule has 0 aromatic heterocycles. The Morgan fingerprint density at radius 3 is 2.50 bits per heavy atom. The fourth-order valence-corrected chi connectivity index (χ4v) is 3.14. The van der Waals surface area contributed by atoms with Crippen LogP contribution in [-0.4, -0.2) is 21.3 Å². The van der Waals surface area contributed by atoms with E-state index in [2.05, 4.69) is 0 Å². The lowest BCUT2D eigenvalue weighted by molar-refractivity contribution is -0.127. The number of hydrogen-bond donors (Lipinski definition) is 3. The Kier molecular flexibility index (Phi) is 2.34. The molecule has 2 aromatic carbocycles. The largest absolute Gasteiger partial charge is 0.504 e. The van der Waals surface area contributed by atoms with E-state index in [-0.39, 0.29) is 28.9 Å². The van der Waals surface area contributed by atoms with Gasteiger partial charge < -0.3 is 20.1 Å². The number of rotatable bonds is 0. The van der Waals surface area contributed by atoms with Crippen molar-refractivity contribution in [1.82, 2.24) is 0 Å². The maximum atomic E-state index is 12.1. The van der Waals surface area contributed by atoms with Crippen molar-refractivity contribution in [2.45, 2.75) is 12.8 Å². The highest BCUT2D eigenvalue weighted by atomic mass is 16.5. The molecule has 1 aliphatic carbocycles. The highest BCUT2D eigenvalue weighted by Crippen LogP contribution is 2.50. The molecule has 1 unspecified atom stereocenters. The molecule has 0 spiro atoms. The Labute approximate surface area is 125 Å². The SMILES string of the molecule is CC1c2cc(O)c(O)cc2C=C2C(=O)Oc3c(O)ccc1c32. The molecular weight excluding hydrogens is 284 g/mol. The first kappa shape index (κ1) is 12.8. The van der Waals surface area contributed by atoms with Gasteiger partial charge >= 0.3 is 5.97 Å². The normalized spacial score (nSPS) is 18.1. The van der Waals surface area contributed by atoms with E-state index in [1.807, 2.05) is 6.92 Å². The Hall–Kier alpha value is -2.95. The number of benzene rings is 2. The molecule has 4 rings (SSSR count). The number of carbonyl (C=O) groups excluding carboxylic acids is 1. The summed E-state index contributed by atoms with van der Waals surface area (Å²) in [5.41, 5.74) is 3.18. The van der Waals surface area contributed by atoms with E-state index in [1.165, 1.54) is 18.2 Å². The Morgan fingerprint density at radius 1 is 1.00 bits per heavy atom. The van der Waals surface area contributed by atoms with Gasteiger partial charge in [-0.15, -0.1) is 0 Å². The lowest BCUT2D eigenvalue weighted by Crippen LogP contribution is -2.00. The maximum absolute atomic E-state index is 12.1. The van der Waals surface area contributed by atoms with E-state index in [9.17, 15) is 20.1 Å². The van der Waals surface area contributed by atoms with Gasteiger partial charge in [-0.05, 0) is 41.0 Å². The molecule has 0 amide bonds. The summed E-state index contributed by atoms with van der Waals surface area (Å²) in [5, 5.41) is 29.4. The molecule has 0 radical (unpaired) electrons. The molecule has 0 fully saturated rings. The van der Waals surface area contributed by atoms with Crippen LogP contribution in [0.3, 0.4) is 0 Å². The van der Waals surface area contributed by atoms with Crippen molar-refractivity contribution in [3.8, 4) is 23.0 Å². The molecule has 2 aromatic rings. The van der Waals surface area contributed by atoms with Crippen molar-refractivity contribution >= 4 is 17.6 Å². The highest BCUT2D eigenvalue weighted by molar-refractivity contribution is 6.27. The van der Waals surface area contributed by atoms with Gasteiger partial charge in [-0.3, -0.25) is 0 Å². The summed E-state index contributed by atoms with van der Waals surface area (Å²) in [6.07, 6.45) is 1.62. The number of phenolic OH excluding ortho intramolecular Hbond substituents is 3. The molecule has 5 heteroatoms. The van der Waals surface area contributed by atoms with Crippen LogP contribution in [0.4, 0.5) is 0 Å². The van der Waals surface area contributed by atoms with E-state index in [4.69, 9.17) is 4.74 Å². The van der Waals surface area contributed by atoms with Gasteiger partial charge in [0.2, 0.25) is 0 Å². The van der Waals surface area contributed by atoms with Crippen LogP contribution in [0.1, 0.15) is 35.1 Å². The lowest BCUT2D eigenvalue weighted by Gasteiger charge is -2.16. The molecule has 22 heavy (non-hydrogen) atoms. The van der Waals surface area contributed by atoms with Crippen LogP contribution >= 0.6 is 0 Å². The standard InChI is InChI=1S/C17H12O5/c1-7-9-2-3-12(18)16-15(9)11(17(21)22-16)4-8-5-13(19)14(20)6-10(7)8/h2-7,18-20H,1H3. The highest BCUT2D eigenvalue weighted by Gasteiger charge is 2.36. The monoisotopic (exact) mass is 296 g/mol. The second-order valence-electron chi connectivity index (χ2n) is 5.52. The predicted molar refractivity (Wildman–Crippen MR) is 78.9 cm³/mol. The molecule has 0 saturated carbocycles. The van der Waals surface area contributed by atoms with Gasteiger partial charge in [0.1, 0.15) is 0 Å². The van der Waals surface area contributed by atoms with Gasteiger partial charge in [0.15, 0.2) is 23.0 Å². The summed E-state index contributed by atoms with van der Waals surface area (Å²) >= 11 is 0. The minimum absolute atomic E-state index is 0.0839. The second-order valence-corrected chi connectivity index (χ2v) is 5.52.